The maximum atomic E-state index is 11.3. The molecule has 0 aliphatic heterocycles. The number of carbonyl (C=O) groups is 1. The van der Waals surface area contributed by atoms with Gasteiger partial charge in [0, 0.05) is 11.8 Å². The molecule has 0 amide bonds. The van der Waals surface area contributed by atoms with Gasteiger partial charge in [-0.1, -0.05) is 30.3 Å². The van der Waals surface area contributed by atoms with Crippen molar-refractivity contribution in [3.63, 3.8) is 0 Å². The van der Waals surface area contributed by atoms with E-state index < -0.39 is 10.9 Å². The maximum Gasteiger partial charge on any atom is 0.335 e. The molecule has 3 aromatic carbocycles. The number of benzene rings is 3. The van der Waals surface area contributed by atoms with Crippen LogP contribution >= 0.6 is 0 Å². The maximum absolute atomic E-state index is 11.3. The van der Waals surface area contributed by atoms with E-state index in [2.05, 4.69) is 5.32 Å². The molecule has 25 heavy (non-hydrogen) atoms. The van der Waals surface area contributed by atoms with Gasteiger partial charge in [0.1, 0.15) is 5.69 Å². The Morgan fingerprint density at radius 1 is 0.920 bits per heavy atom. The average Bonchev–Trinajstić information content (AvgIpc) is 2.62. The third-order valence-corrected chi connectivity index (χ3v) is 3.69. The summed E-state index contributed by atoms with van der Waals surface area (Å²) in [5.74, 6) is -1.02. The molecule has 6 nitrogen and oxygen atoms in total. The van der Waals surface area contributed by atoms with Crippen LogP contribution in [0.4, 0.5) is 17.1 Å². The number of hydrogen-bond donors (Lipinski definition) is 2. The minimum absolute atomic E-state index is 0.0537. The van der Waals surface area contributed by atoms with Gasteiger partial charge in [-0.2, -0.15) is 0 Å². The predicted molar refractivity (Wildman–Crippen MR) is 95.2 cm³/mol. The Balaban J connectivity index is 2.05. The molecule has 0 saturated heterocycles. The van der Waals surface area contributed by atoms with Crippen molar-refractivity contribution >= 4 is 23.0 Å². The molecule has 0 radical (unpaired) electrons. The highest BCUT2D eigenvalue weighted by Gasteiger charge is 2.15. The van der Waals surface area contributed by atoms with Crippen molar-refractivity contribution in [2.75, 3.05) is 5.32 Å². The van der Waals surface area contributed by atoms with E-state index in [9.17, 15) is 14.9 Å². The summed E-state index contributed by atoms with van der Waals surface area (Å²) in [6.07, 6.45) is 0. The topological polar surface area (TPSA) is 92.5 Å². The third-order valence-electron chi connectivity index (χ3n) is 3.69. The first kappa shape index (κ1) is 16.2. The van der Waals surface area contributed by atoms with E-state index in [1.807, 2.05) is 18.2 Å². The normalized spacial score (nSPS) is 10.2. The molecule has 2 N–H and O–H groups in total. The molecule has 0 aliphatic carbocycles. The molecule has 3 rings (SSSR count). The summed E-state index contributed by atoms with van der Waals surface area (Å²) in [5, 5.41) is 23.5. The molecular formula is C19H14N2O4. The van der Waals surface area contributed by atoms with Crippen LogP contribution in [-0.2, 0) is 0 Å². The second-order valence-electron chi connectivity index (χ2n) is 5.37. The molecule has 0 atom stereocenters. The van der Waals surface area contributed by atoms with Gasteiger partial charge in [0.25, 0.3) is 5.69 Å². The van der Waals surface area contributed by atoms with Crippen molar-refractivity contribution in [2.45, 2.75) is 0 Å². The van der Waals surface area contributed by atoms with Crippen LogP contribution in [0.2, 0.25) is 0 Å². The average molecular weight is 334 g/mol. The lowest BCUT2D eigenvalue weighted by atomic mass is 10.0. The van der Waals surface area contributed by atoms with Crippen LogP contribution in [0.3, 0.4) is 0 Å². The van der Waals surface area contributed by atoms with E-state index in [0.717, 1.165) is 5.69 Å². The molecule has 6 heteroatoms. The Morgan fingerprint density at radius 3 is 2.32 bits per heavy atom. The summed E-state index contributed by atoms with van der Waals surface area (Å²) in [7, 11) is 0. The van der Waals surface area contributed by atoms with Crippen molar-refractivity contribution < 1.29 is 14.8 Å². The number of para-hydroxylation sites is 1. The van der Waals surface area contributed by atoms with E-state index >= 15 is 0 Å². The number of hydrogen-bond acceptors (Lipinski definition) is 4. The summed E-state index contributed by atoms with van der Waals surface area (Å²) in [6, 6.07) is 20.2. The summed E-state index contributed by atoms with van der Waals surface area (Å²) in [4.78, 5) is 22.0. The van der Waals surface area contributed by atoms with E-state index in [0.29, 0.717) is 16.8 Å². The number of nitrogens with zero attached hydrogens (tertiary/aromatic N) is 1. The van der Waals surface area contributed by atoms with E-state index in [1.165, 1.54) is 18.2 Å². The first-order valence-corrected chi connectivity index (χ1v) is 7.49. The minimum Gasteiger partial charge on any atom is -0.478 e. The van der Waals surface area contributed by atoms with E-state index in [4.69, 9.17) is 5.11 Å². The van der Waals surface area contributed by atoms with Gasteiger partial charge < -0.3 is 10.4 Å². The molecule has 0 aromatic heterocycles. The van der Waals surface area contributed by atoms with Gasteiger partial charge in [0.05, 0.1) is 10.5 Å². The van der Waals surface area contributed by atoms with E-state index in [1.54, 1.807) is 36.4 Å². The van der Waals surface area contributed by atoms with Gasteiger partial charge in [0.15, 0.2) is 0 Å². The van der Waals surface area contributed by atoms with Crippen LogP contribution in [0, 0.1) is 10.1 Å². The fourth-order valence-corrected chi connectivity index (χ4v) is 2.48. The molecule has 0 heterocycles. The van der Waals surface area contributed by atoms with Gasteiger partial charge in [-0.05, 0) is 47.5 Å². The van der Waals surface area contributed by atoms with Gasteiger partial charge in [-0.15, -0.1) is 0 Å². The van der Waals surface area contributed by atoms with Crippen molar-refractivity contribution in [1.82, 2.24) is 0 Å². The summed E-state index contributed by atoms with van der Waals surface area (Å²) < 4.78 is 0. The zero-order valence-corrected chi connectivity index (χ0v) is 13.0. The molecule has 0 spiro atoms. The predicted octanol–water partition coefficient (Wildman–Crippen LogP) is 4.70. The Labute approximate surface area is 143 Å². The van der Waals surface area contributed by atoms with Crippen molar-refractivity contribution in [2.24, 2.45) is 0 Å². The highest BCUT2D eigenvalue weighted by atomic mass is 16.6. The van der Waals surface area contributed by atoms with Gasteiger partial charge in [-0.25, -0.2) is 4.79 Å². The molecule has 0 unspecified atom stereocenters. The molecule has 124 valence electrons. The van der Waals surface area contributed by atoms with Gasteiger partial charge in [0.2, 0.25) is 0 Å². The Morgan fingerprint density at radius 2 is 1.64 bits per heavy atom. The van der Waals surface area contributed by atoms with Crippen LogP contribution in [-0.4, -0.2) is 16.0 Å². The first-order valence-electron chi connectivity index (χ1n) is 7.49. The van der Waals surface area contributed by atoms with Crippen molar-refractivity contribution in [3.8, 4) is 11.1 Å². The molecular weight excluding hydrogens is 320 g/mol. The Kier molecular flexibility index (Phi) is 4.43. The van der Waals surface area contributed by atoms with Crippen molar-refractivity contribution in [1.29, 1.82) is 0 Å². The number of nitrogens with one attached hydrogen (secondary N) is 1. The van der Waals surface area contributed by atoms with Gasteiger partial charge in [-0.3, -0.25) is 10.1 Å². The number of nitro benzene ring substituents is 1. The van der Waals surface area contributed by atoms with Gasteiger partial charge >= 0.3 is 5.97 Å². The number of rotatable bonds is 5. The minimum atomic E-state index is -1.02. The fraction of sp³-hybridized carbons (Fsp3) is 0. The second kappa shape index (κ2) is 6.84. The third kappa shape index (κ3) is 3.64. The quantitative estimate of drug-likeness (QED) is 0.521. The first-order chi connectivity index (χ1) is 12.0. The zero-order valence-electron chi connectivity index (χ0n) is 13.0. The molecule has 3 aromatic rings. The standard InChI is InChI=1S/C19H14N2O4/c22-19(23)15-6-4-5-13(11-15)14-9-10-18(21(24)25)17(12-14)20-16-7-2-1-3-8-16/h1-12,20H,(H,22,23). The Bertz CT molecular complexity index is 939. The summed E-state index contributed by atoms with van der Waals surface area (Å²) in [6.45, 7) is 0. The van der Waals surface area contributed by atoms with Crippen LogP contribution in [0.5, 0.6) is 0 Å². The largest absolute Gasteiger partial charge is 0.478 e. The second-order valence-corrected chi connectivity index (χ2v) is 5.37. The highest BCUT2D eigenvalue weighted by molar-refractivity contribution is 5.89. The lowest BCUT2D eigenvalue weighted by molar-refractivity contribution is -0.383. The zero-order chi connectivity index (χ0) is 17.8. The molecule has 0 saturated carbocycles. The van der Waals surface area contributed by atoms with E-state index in [-0.39, 0.29) is 11.3 Å². The number of aromatic carboxylic acids is 1. The van der Waals surface area contributed by atoms with Crippen LogP contribution in [0.15, 0.2) is 72.8 Å². The molecule has 0 bridgehead atoms. The number of carboxylic acids is 1. The number of nitro groups is 1. The lowest BCUT2D eigenvalue weighted by Gasteiger charge is -2.10. The smallest absolute Gasteiger partial charge is 0.335 e. The van der Waals surface area contributed by atoms with Crippen LogP contribution in [0.25, 0.3) is 11.1 Å². The highest BCUT2D eigenvalue weighted by Crippen LogP contribution is 2.32. The van der Waals surface area contributed by atoms with Crippen molar-refractivity contribution in [3.05, 3.63) is 88.5 Å². The molecule has 0 fully saturated rings. The lowest BCUT2D eigenvalue weighted by Crippen LogP contribution is -1.98. The fourth-order valence-electron chi connectivity index (χ4n) is 2.48. The monoisotopic (exact) mass is 334 g/mol. The SMILES string of the molecule is O=C(O)c1cccc(-c2ccc([N+](=O)[O-])c(Nc3ccccc3)c2)c1. The summed E-state index contributed by atoms with van der Waals surface area (Å²) >= 11 is 0. The summed E-state index contributed by atoms with van der Waals surface area (Å²) in [5.41, 5.74) is 2.53. The van der Waals surface area contributed by atoms with Crippen LogP contribution < -0.4 is 5.32 Å². The number of carboxylic acid groups (broad SMARTS) is 1. The molecule has 0 aliphatic rings. The number of anilines is 2. The Hall–Kier alpha value is -3.67. The van der Waals surface area contributed by atoms with Crippen LogP contribution in [0.1, 0.15) is 10.4 Å².